The molecule has 0 spiro atoms. The number of para-hydroxylation sites is 1. The van der Waals surface area contributed by atoms with Crippen LogP contribution in [0.25, 0.3) is 11.0 Å². The van der Waals surface area contributed by atoms with E-state index in [2.05, 4.69) is 10.5 Å². The molecule has 0 aliphatic carbocycles. The molecular formula is C23H19N3O3. The van der Waals surface area contributed by atoms with Crippen molar-refractivity contribution in [2.75, 3.05) is 0 Å². The molecule has 1 N–H and O–H groups in total. The van der Waals surface area contributed by atoms with E-state index in [0.717, 1.165) is 28.1 Å². The van der Waals surface area contributed by atoms with Crippen LogP contribution in [0, 0.1) is 0 Å². The molecule has 3 heterocycles. The fourth-order valence-corrected chi connectivity index (χ4v) is 3.21. The van der Waals surface area contributed by atoms with Crippen LogP contribution in [0.2, 0.25) is 0 Å². The lowest BCUT2D eigenvalue weighted by atomic mass is 10.1. The minimum absolute atomic E-state index is 0.246. The number of rotatable bonds is 5. The van der Waals surface area contributed by atoms with Crippen LogP contribution >= 0.6 is 0 Å². The molecule has 0 bridgehead atoms. The van der Waals surface area contributed by atoms with Crippen LogP contribution in [0.4, 0.5) is 0 Å². The van der Waals surface area contributed by atoms with Gasteiger partial charge in [-0.15, -0.1) is 0 Å². The summed E-state index contributed by atoms with van der Waals surface area (Å²) in [7, 11) is 1.96. The number of aryl methyl sites for hydroxylation is 1. The maximum atomic E-state index is 5.88. The summed E-state index contributed by atoms with van der Waals surface area (Å²) in [6.45, 7) is 0. The standard InChI is InChI=1S/C23H19N3O3/c1-26-12-11-17-13-20(15-24-23(17)26)28-22-14-21(29-25-22)16-7-9-19(10-8-16)27-18-5-3-2-4-6-18/h2-15,21,25H,1H3. The molecule has 5 rings (SSSR count). The molecule has 1 atom stereocenters. The Labute approximate surface area is 167 Å². The van der Waals surface area contributed by atoms with Crippen molar-refractivity contribution in [1.29, 1.82) is 0 Å². The van der Waals surface area contributed by atoms with Gasteiger partial charge in [-0.25, -0.2) is 10.5 Å². The van der Waals surface area contributed by atoms with Crippen molar-refractivity contribution in [3.05, 3.63) is 96.6 Å². The minimum Gasteiger partial charge on any atom is -0.457 e. The smallest absolute Gasteiger partial charge is 0.216 e. The summed E-state index contributed by atoms with van der Waals surface area (Å²) in [6.07, 6.45) is 5.32. The van der Waals surface area contributed by atoms with E-state index in [1.807, 2.05) is 90.6 Å². The van der Waals surface area contributed by atoms with Crippen LogP contribution in [-0.4, -0.2) is 9.55 Å². The van der Waals surface area contributed by atoms with Crippen LogP contribution in [0.1, 0.15) is 11.7 Å². The quantitative estimate of drug-likeness (QED) is 0.532. The average molecular weight is 385 g/mol. The Morgan fingerprint density at radius 2 is 1.72 bits per heavy atom. The fraction of sp³-hybridized carbons (Fsp3) is 0.0870. The van der Waals surface area contributed by atoms with E-state index in [1.165, 1.54) is 0 Å². The summed E-state index contributed by atoms with van der Waals surface area (Å²) < 4.78 is 13.7. The molecule has 2 aromatic heterocycles. The molecule has 4 aromatic rings. The number of nitrogens with zero attached hydrogens (tertiary/aromatic N) is 2. The average Bonchev–Trinajstić information content (AvgIpc) is 3.36. The molecule has 1 aliphatic heterocycles. The number of hydrogen-bond donors (Lipinski definition) is 1. The molecule has 0 saturated carbocycles. The number of nitrogens with one attached hydrogen (secondary N) is 1. The third kappa shape index (κ3) is 3.66. The van der Waals surface area contributed by atoms with Gasteiger partial charge in [0.15, 0.2) is 0 Å². The number of hydrogen-bond acceptors (Lipinski definition) is 5. The van der Waals surface area contributed by atoms with E-state index >= 15 is 0 Å². The first kappa shape index (κ1) is 17.3. The van der Waals surface area contributed by atoms with Gasteiger partial charge in [-0.1, -0.05) is 30.3 Å². The highest BCUT2D eigenvalue weighted by Crippen LogP contribution is 2.29. The summed E-state index contributed by atoms with van der Waals surface area (Å²) >= 11 is 0. The second-order valence-corrected chi connectivity index (χ2v) is 6.77. The molecule has 0 fully saturated rings. The number of aromatic nitrogens is 2. The SMILES string of the molecule is Cn1ccc2cc(OC3=CC(c4ccc(Oc5ccccc5)cc4)ON3)cnc21. The van der Waals surface area contributed by atoms with Gasteiger partial charge < -0.3 is 14.0 Å². The fourth-order valence-electron chi connectivity index (χ4n) is 3.21. The Bertz CT molecular complexity index is 1170. The van der Waals surface area contributed by atoms with Crippen molar-refractivity contribution < 1.29 is 14.3 Å². The minimum atomic E-state index is -0.246. The van der Waals surface area contributed by atoms with Gasteiger partial charge in [-0.2, -0.15) is 0 Å². The Balaban J connectivity index is 1.27. The summed E-state index contributed by atoms with van der Waals surface area (Å²) in [5, 5.41) is 1.02. The number of fused-ring (bicyclic) bond motifs is 1. The van der Waals surface area contributed by atoms with Crippen LogP contribution in [0.15, 0.2) is 91.1 Å². The van der Waals surface area contributed by atoms with Crippen LogP contribution < -0.4 is 15.0 Å². The Morgan fingerprint density at radius 3 is 2.55 bits per heavy atom. The second kappa shape index (κ2) is 7.33. The number of pyridine rings is 1. The maximum absolute atomic E-state index is 5.88. The van der Waals surface area contributed by atoms with Gasteiger partial charge in [-0.05, 0) is 42.0 Å². The lowest BCUT2D eigenvalue weighted by Gasteiger charge is -2.09. The van der Waals surface area contributed by atoms with Gasteiger partial charge in [0.05, 0.1) is 6.20 Å². The van der Waals surface area contributed by atoms with Crippen molar-refractivity contribution in [3.8, 4) is 17.2 Å². The highest BCUT2D eigenvalue weighted by molar-refractivity contribution is 5.77. The molecule has 0 radical (unpaired) electrons. The van der Waals surface area contributed by atoms with E-state index in [-0.39, 0.29) is 6.10 Å². The molecule has 1 aliphatic rings. The van der Waals surface area contributed by atoms with Gasteiger partial charge in [0.2, 0.25) is 5.88 Å². The van der Waals surface area contributed by atoms with Crippen molar-refractivity contribution >= 4 is 11.0 Å². The normalized spacial score (nSPS) is 15.8. The predicted octanol–water partition coefficient (Wildman–Crippen LogP) is 4.86. The van der Waals surface area contributed by atoms with Crippen molar-refractivity contribution in [3.63, 3.8) is 0 Å². The first-order valence-electron chi connectivity index (χ1n) is 9.30. The summed E-state index contributed by atoms with van der Waals surface area (Å²) in [5.74, 6) is 2.77. The van der Waals surface area contributed by atoms with E-state index in [4.69, 9.17) is 14.3 Å². The van der Waals surface area contributed by atoms with Crippen molar-refractivity contribution in [2.45, 2.75) is 6.10 Å². The van der Waals surface area contributed by atoms with Crippen molar-refractivity contribution in [2.24, 2.45) is 7.05 Å². The molecule has 144 valence electrons. The maximum Gasteiger partial charge on any atom is 0.216 e. The molecule has 0 saturated heterocycles. The van der Waals surface area contributed by atoms with Crippen LogP contribution in [-0.2, 0) is 11.9 Å². The molecule has 1 unspecified atom stereocenters. The Morgan fingerprint density at radius 1 is 0.931 bits per heavy atom. The van der Waals surface area contributed by atoms with E-state index < -0.39 is 0 Å². The first-order valence-corrected chi connectivity index (χ1v) is 9.30. The van der Waals surface area contributed by atoms with Gasteiger partial charge >= 0.3 is 0 Å². The highest BCUT2D eigenvalue weighted by atomic mass is 16.7. The van der Waals surface area contributed by atoms with Gasteiger partial charge in [0, 0.05) is 24.7 Å². The van der Waals surface area contributed by atoms with Crippen molar-refractivity contribution in [1.82, 2.24) is 15.0 Å². The predicted molar refractivity (Wildman–Crippen MR) is 109 cm³/mol. The van der Waals surface area contributed by atoms with E-state index in [9.17, 15) is 0 Å². The first-order chi connectivity index (χ1) is 14.2. The monoisotopic (exact) mass is 385 g/mol. The molecule has 29 heavy (non-hydrogen) atoms. The lowest BCUT2D eigenvalue weighted by molar-refractivity contribution is 0.0273. The third-order valence-corrected chi connectivity index (χ3v) is 4.69. The largest absolute Gasteiger partial charge is 0.457 e. The topological polar surface area (TPSA) is 57.5 Å². The zero-order valence-electron chi connectivity index (χ0n) is 15.8. The molecule has 0 amide bonds. The van der Waals surface area contributed by atoms with Crippen LogP contribution in [0.5, 0.6) is 17.2 Å². The van der Waals surface area contributed by atoms with Crippen LogP contribution in [0.3, 0.4) is 0 Å². The summed E-state index contributed by atoms with van der Waals surface area (Å²) in [5.41, 5.74) is 4.74. The Hall–Kier alpha value is -3.77. The molecule has 6 heteroatoms. The lowest BCUT2D eigenvalue weighted by Crippen LogP contribution is -2.12. The Kier molecular flexibility index (Phi) is 4.38. The second-order valence-electron chi connectivity index (χ2n) is 6.77. The van der Waals surface area contributed by atoms with E-state index in [0.29, 0.717) is 11.6 Å². The van der Waals surface area contributed by atoms with E-state index in [1.54, 1.807) is 6.20 Å². The molecular weight excluding hydrogens is 366 g/mol. The van der Waals surface area contributed by atoms with Gasteiger partial charge in [-0.3, -0.25) is 4.84 Å². The zero-order valence-corrected chi connectivity index (χ0v) is 15.8. The number of ether oxygens (including phenoxy) is 2. The van der Waals surface area contributed by atoms with Gasteiger partial charge in [0.1, 0.15) is 29.0 Å². The highest BCUT2D eigenvalue weighted by Gasteiger charge is 2.20. The van der Waals surface area contributed by atoms with Gasteiger partial charge in [0.25, 0.3) is 0 Å². The summed E-state index contributed by atoms with van der Waals surface area (Å²) in [4.78, 5) is 10.1. The zero-order chi connectivity index (χ0) is 19.6. The number of benzene rings is 2. The summed E-state index contributed by atoms with van der Waals surface area (Å²) in [6, 6.07) is 21.4. The molecule has 6 nitrogen and oxygen atoms in total. The molecule has 2 aromatic carbocycles. The third-order valence-electron chi connectivity index (χ3n) is 4.69. The number of hydroxylamine groups is 1.